The Morgan fingerprint density at radius 3 is 2.73 bits per heavy atom. The molecule has 0 bridgehead atoms. The van der Waals surface area contributed by atoms with Gasteiger partial charge in [-0.15, -0.1) is 35.3 Å². The van der Waals surface area contributed by atoms with Gasteiger partial charge in [0.1, 0.15) is 0 Å². The molecule has 2 heterocycles. The molecule has 138 valence electrons. The smallest absolute Gasteiger partial charge is 0.194 e. The van der Waals surface area contributed by atoms with E-state index in [4.69, 9.17) is 0 Å². The van der Waals surface area contributed by atoms with Crippen LogP contribution in [-0.4, -0.2) is 39.7 Å². The van der Waals surface area contributed by atoms with Gasteiger partial charge >= 0.3 is 0 Å². The van der Waals surface area contributed by atoms with Crippen molar-refractivity contribution in [1.82, 2.24) is 25.0 Å². The maximum atomic E-state index is 4.50. The maximum absolute atomic E-state index is 4.50. The molecule has 3 aromatic rings. The number of benzene rings is 1. The van der Waals surface area contributed by atoms with Gasteiger partial charge in [0.05, 0.1) is 29.1 Å². The number of rotatable bonds is 5. The number of aryl methyl sites for hydroxylation is 1. The van der Waals surface area contributed by atoms with E-state index in [-0.39, 0.29) is 24.0 Å². The van der Waals surface area contributed by atoms with Gasteiger partial charge in [0, 0.05) is 37.8 Å². The first kappa shape index (κ1) is 20.4. The fraction of sp³-hybridized carbons (Fsp3) is 0.278. The van der Waals surface area contributed by atoms with Crippen LogP contribution in [0.4, 0.5) is 0 Å². The molecule has 0 saturated carbocycles. The monoisotopic (exact) mass is 482 g/mol. The summed E-state index contributed by atoms with van der Waals surface area (Å²) in [6.07, 6.45) is 3.90. The molecule has 0 fully saturated rings. The quantitative estimate of drug-likeness (QED) is 0.344. The maximum Gasteiger partial charge on any atom is 0.194 e. The molecule has 3 rings (SSSR count). The Kier molecular flexibility index (Phi) is 7.58. The molecule has 0 aliphatic rings. The molecule has 0 unspecified atom stereocenters. The summed E-state index contributed by atoms with van der Waals surface area (Å²) in [5, 5.41) is 11.0. The van der Waals surface area contributed by atoms with Crippen LogP contribution in [0.1, 0.15) is 16.3 Å². The van der Waals surface area contributed by atoms with Gasteiger partial charge in [0.25, 0.3) is 0 Å². The van der Waals surface area contributed by atoms with Crippen molar-refractivity contribution in [3.8, 4) is 5.69 Å². The number of hydrogen-bond acceptors (Lipinski definition) is 4. The van der Waals surface area contributed by atoms with Crippen molar-refractivity contribution in [3.05, 3.63) is 64.4 Å². The number of thiazole rings is 1. The lowest BCUT2D eigenvalue weighted by molar-refractivity contribution is 0.470. The van der Waals surface area contributed by atoms with Crippen molar-refractivity contribution in [2.24, 2.45) is 4.99 Å². The molecule has 1 aromatic carbocycles. The second kappa shape index (κ2) is 9.67. The van der Waals surface area contributed by atoms with Crippen molar-refractivity contribution in [2.75, 3.05) is 14.1 Å². The first-order valence-electron chi connectivity index (χ1n) is 8.07. The summed E-state index contributed by atoms with van der Waals surface area (Å²) in [6.45, 7) is 3.42. The minimum absolute atomic E-state index is 0. The number of aliphatic imine (C=N–C) groups is 1. The van der Waals surface area contributed by atoms with Crippen LogP contribution >= 0.6 is 35.3 Å². The molecule has 0 spiro atoms. The van der Waals surface area contributed by atoms with E-state index in [1.165, 1.54) is 0 Å². The van der Waals surface area contributed by atoms with Crippen LogP contribution in [0.15, 0.2) is 53.1 Å². The second-order valence-electron chi connectivity index (χ2n) is 5.74. The molecule has 0 aliphatic carbocycles. The highest BCUT2D eigenvalue weighted by atomic mass is 127. The van der Waals surface area contributed by atoms with Crippen LogP contribution < -0.4 is 5.32 Å². The highest BCUT2D eigenvalue weighted by molar-refractivity contribution is 14.0. The number of guanidine groups is 1. The standard InChI is InChI=1S/C18H22N6S.HI/c1-14-22-16(13-25-14)12-23(3)18(19-2)20-9-15-10-21-24(11-15)17-7-5-4-6-8-17;/h4-8,10-11,13H,9,12H2,1-3H3,(H,19,20);1H. The topological polar surface area (TPSA) is 58.3 Å². The van der Waals surface area contributed by atoms with Crippen molar-refractivity contribution in [2.45, 2.75) is 20.0 Å². The summed E-state index contributed by atoms with van der Waals surface area (Å²) >= 11 is 1.67. The molecule has 0 atom stereocenters. The molecule has 2 aromatic heterocycles. The van der Waals surface area contributed by atoms with Crippen molar-refractivity contribution < 1.29 is 0 Å². The zero-order chi connectivity index (χ0) is 17.6. The summed E-state index contributed by atoms with van der Waals surface area (Å²) in [5.74, 6) is 0.832. The van der Waals surface area contributed by atoms with E-state index in [0.717, 1.165) is 34.5 Å². The van der Waals surface area contributed by atoms with Gasteiger partial charge in [-0.2, -0.15) is 5.10 Å². The largest absolute Gasteiger partial charge is 0.352 e. The first-order chi connectivity index (χ1) is 12.2. The average molecular weight is 482 g/mol. The van der Waals surface area contributed by atoms with Crippen LogP contribution in [0, 0.1) is 6.92 Å². The number of para-hydroxylation sites is 1. The van der Waals surface area contributed by atoms with E-state index in [9.17, 15) is 0 Å². The van der Waals surface area contributed by atoms with Crippen molar-refractivity contribution in [3.63, 3.8) is 0 Å². The fourth-order valence-corrected chi connectivity index (χ4v) is 3.14. The van der Waals surface area contributed by atoms with Gasteiger partial charge in [0.2, 0.25) is 0 Å². The van der Waals surface area contributed by atoms with Gasteiger partial charge in [-0.1, -0.05) is 18.2 Å². The molecule has 26 heavy (non-hydrogen) atoms. The Hall–Kier alpha value is -1.94. The third kappa shape index (κ3) is 5.28. The summed E-state index contributed by atoms with van der Waals surface area (Å²) in [5.41, 5.74) is 3.21. The third-order valence-electron chi connectivity index (χ3n) is 3.75. The van der Waals surface area contributed by atoms with E-state index >= 15 is 0 Å². The average Bonchev–Trinajstić information content (AvgIpc) is 3.25. The SMILES string of the molecule is CN=C(NCc1cnn(-c2ccccc2)c1)N(C)Cc1csc(C)n1.I. The number of aromatic nitrogens is 3. The lowest BCUT2D eigenvalue weighted by Crippen LogP contribution is -2.38. The lowest BCUT2D eigenvalue weighted by Gasteiger charge is -2.20. The van der Waals surface area contributed by atoms with Crippen molar-refractivity contribution in [1.29, 1.82) is 0 Å². The third-order valence-corrected chi connectivity index (χ3v) is 4.57. The number of nitrogens with zero attached hydrogens (tertiary/aromatic N) is 5. The van der Waals surface area contributed by atoms with Gasteiger partial charge in [0.15, 0.2) is 5.96 Å². The Morgan fingerprint density at radius 1 is 1.31 bits per heavy atom. The minimum atomic E-state index is 0. The molecular formula is C18H23IN6S. The van der Waals surface area contributed by atoms with E-state index < -0.39 is 0 Å². The summed E-state index contributed by atoms with van der Waals surface area (Å²) in [4.78, 5) is 10.9. The normalized spacial score (nSPS) is 11.1. The van der Waals surface area contributed by atoms with Crippen LogP contribution in [0.3, 0.4) is 0 Å². The zero-order valence-electron chi connectivity index (χ0n) is 15.1. The second-order valence-corrected chi connectivity index (χ2v) is 6.81. The predicted octanol–water partition coefficient (Wildman–Crippen LogP) is 3.46. The number of nitrogens with one attached hydrogen (secondary N) is 1. The Labute approximate surface area is 175 Å². The van der Waals surface area contributed by atoms with Crippen molar-refractivity contribution >= 4 is 41.3 Å². The van der Waals surface area contributed by atoms with Gasteiger partial charge < -0.3 is 10.2 Å². The first-order valence-corrected chi connectivity index (χ1v) is 8.95. The summed E-state index contributed by atoms with van der Waals surface area (Å²) in [6, 6.07) is 10.1. The van der Waals surface area contributed by atoms with Crippen LogP contribution in [-0.2, 0) is 13.1 Å². The lowest BCUT2D eigenvalue weighted by atomic mass is 10.3. The molecule has 8 heteroatoms. The highest BCUT2D eigenvalue weighted by Gasteiger charge is 2.09. The van der Waals surface area contributed by atoms with E-state index in [2.05, 4.69) is 30.7 Å². The molecule has 0 saturated heterocycles. The Balaban J connectivity index is 0.00000243. The molecule has 0 radical (unpaired) electrons. The van der Waals surface area contributed by atoms with E-state index in [0.29, 0.717) is 6.54 Å². The molecule has 6 nitrogen and oxygen atoms in total. The summed E-state index contributed by atoms with van der Waals surface area (Å²) in [7, 11) is 3.80. The van der Waals surface area contributed by atoms with Gasteiger partial charge in [-0.25, -0.2) is 9.67 Å². The molecular weight excluding hydrogens is 459 g/mol. The number of halogens is 1. The van der Waals surface area contributed by atoms with Gasteiger partial charge in [-0.05, 0) is 19.1 Å². The highest BCUT2D eigenvalue weighted by Crippen LogP contribution is 2.10. The Bertz CT molecular complexity index is 842. The van der Waals surface area contributed by atoms with Crippen LogP contribution in [0.25, 0.3) is 5.69 Å². The van der Waals surface area contributed by atoms with Crippen LogP contribution in [0.2, 0.25) is 0 Å². The zero-order valence-corrected chi connectivity index (χ0v) is 18.2. The Morgan fingerprint density at radius 2 is 2.08 bits per heavy atom. The van der Waals surface area contributed by atoms with E-state index in [1.54, 1.807) is 18.4 Å². The molecule has 0 amide bonds. The van der Waals surface area contributed by atoms with Gasteiger partial charge in [-0.3, -0.25) is 4.99 Å². The van der Waals surface area contributed by atoms with E-state index in [1.807, 2.05) is 61.4 Å². The number of hydrogen-bond donors (Lipinski definition) is 1. The molecule has 1 N–H and O–H groups in total. The predicted molar refractivity (Wildman–Crippen MR) is 117 cm³/mol. The molecule has 0 aliphatic heterocycles. The fourth-order valence-electron chi connectivity index (χ4n) is 2.54. The minimum Gasteiger partial charge on any atom is -0.352 e. The summed E-state index contributed by atoms with van der Waals surface area (Å²) < 4.78 is 1.88. The van der Waals surface area contributed by atoms with Crippen LogP contribution in [0.5, 0.6) is 0 Å².